The van der Waals surface area contributed by atoms with Gasteiger partial charge in [-0.2, -0.15) is 0 Å². The number of nitrogens with zero attached hydrogens (tertiary/aromatic N) is 3. The monoisotopic (exact) mass is 391 g/mol. The molecule has 1 saturated carbocycles. The van der Waals surface area contributed by atoms with Crippen LogP contribution in [-0.4, -0.2) is 49.4 Å². The predicted octanol–water partition coefficient (Wildman–Crippen LogP) is 1.55. The van der Waals surface area contributed by atoms with Crippen molar-refractivity contribution in [1.82, 2.24) is 4.57 Å². The number of rotatable bonds is 3. The summed E-state index contributed by atoms with van der Waals surface area (Å²) in [6.07, 6.45) is 0.261. The maximum absolute atomic E-state index is 13.5. The van der Waals surface area contributed by atoms with Gasteiger partial charge in [-0.15, -0.1) is 0 Å². The van der Waals surface area contributed by atoms with Crippen molar-refractivity contribution in [2.24, 2.45) is 16.1 Å². The van der Waals surface area contributed by atoms with Crippen molar-refractivity contribution in [3.63, 3.8) is 0 Å². The summed E-state index contributed by atoms with van der Waals surface area (Å²) in [5, 5.41) is 43.9. The van der Waals surface area contributed by atoms with E-state index in [4.69, 9.17) is 5.21 Å². The van der Waals surface area contributed by atoms with E-state index in [-0.39, 0.29) is 17.8 Å². The molecule has 0 saturated heterocycles. The average molecular weight is 391 g/mol. The Labute approximate surface area is 158 Å². The number of aromatic nitrogens is 1. The van der Waals surface area contributed by atoms with Crippen molar-refractivity contribution >= 4 is 12.1 Å². The number of aliphatic imine (C=N–C) groups is 1. The molecule has 1 aliphatic heterocycles. The Morgan fingerprint density at radius 3 is 2.64 bits per heavy atom. The molecule has 0 amide bonds. The highest BCUT2D eigenvalue weighted by molar-refractivity contribution is 6.06. The SMILES string of the molecule is O/N=C1\N=CCc2c1ccn2[C@@H]1C[C@H]([C@H](O)c2ccc(F)c(F)c2)[C@@H](O)[C@H]1O. The van der Waals surface area contributed by atoms with Gasteiger partial charge in [0.25, 0.3) is 0 Å². The molecule has 0 spiro atoms. The zero-order valence-electron chi connectivity index (χ0n) is 14.7. The second-order valence-corrected chi connectivity index (χ2v) is 7.09. The van der Waals surface area contributed by atoms with E-state index in [1.54, 1.807) is 23.0 Å². The van der Waals surface area contributed by atoms with Gasteiger partial charge in [0, 0.05) is 36.0 Å². The first-order valence-corrected chi connectivity index (χ1v) is 8.86. The zero-order chi connectivity index (χ0) is 20.0. The molecule has 0 radical (unpaired) electrons. The highest BCUT2D eigenvalue weighted by Gasteiger charge is 2.46. The highest BCUT2D eigenvalue weighted by Crippen LogP contribution is 2.43. The van der Waals surface area contributed by atoms with Crippen LogP contribution in [0, 0.1) is 17.6 Å². The van der Waals surface area contributed by atoms with Crippen molar-refractivity contribution in [3.8, 4) is 0 Å². The number of benzene rings is 1. The summed E-state index contributed by atoms with van der Waals surface area (Å²) in [7, 11) is 0. The summed E-state index contributed by atoms with van der Waals surface area (Å²) in [4.78, 5) is 4.01. The summed E-state index contributed by atoms with van der Waals surface area (Å²) >= 11 is 0. The fourth-order valence-corrected chi connectivity index (χ4v) is 4.15. The molecule has 0 bridgehead atoms. The van der Waals surface area contributed by atoms with Gasteiger partial charge in [0.1, 0.15) is 6.10 Å². The van der Waals surface area contributed by atoms with Gasteiger partial charge in [0.15, 0.2) is 17.5 Å². The molecule has 5 atom stereocenters. The number of aliphatic hydroxyl groups is 3. The molecule has 2 aromatic rings. The van der Waals surface area contributed by atoms with Crippen LogP contribution >= 0.6 is 0 Å². The van der Waals surface area contributed by atoms with E-state index < -0.39 is 41.9 Å². The summed E-state index contributed by atoms with van der Waals surface area (Å²) in [6, 6.07) is 4.23. The van der Waals surface area contributed by atoms with Crippen LogP contribution in [0.3, 0.4) is 0 Å². The van der Waals surface area contributed by atoms with Gasteiger partial charge in [0.05, 0.1) is 18.2 Å². The number of amidine groups is 1. The molecule has 1 aromatic heterocycles. The van der Waals surface area contributed by atoms with Crippen LogP contribution in [0.15, 0.2) is 40.6 Å². The summed E-state index contributed by atoms with van der Waals surface area (Å²) < 4.78 is 28.4. The maximum Gasteiger partial charge on any atom is 0.199 e. The molecule has 4 rings (SSSR count). The third-order valence-corrected chi connectivity index (χ3v) is 5.60. The number of aliphatic hydroxyl groups excluding tert-OH is 3. The molecule has 1 aromatic carbocycles. The fraction of sp³-hybridized carbons (Fsp3) is 0.368. The first-order valence-electron chi connectivity index (χ1n) is 8.86. The Hall–Kier alpha value is -2.62. The van der Waals surface area contributed by atoms with Crippen molar-refractivity contribution in [2.75, 3.05) is 0 Å². The minimum absolute atomic E-state index is 0.132. The largest absolute Gasteiger partial charge is 0.409 e. The molecule has 9 heteroatoms. The number of hydrogen-bond acceptors (Lipinski definition) is 5. The van der Waals surface area contributed by atoms with Crippen molar-refractivity contribution in [2.45, 2.75) is 37.2 Å². The minimum Gasteiger partial charge on any atom is -0.409 e. The minimum atomic E-state index is -1.27. The lowest BCUT2D eigenvalue weighted by atomic mass is 9.92. The lowest BCUT2D eigenvalue weighted by molar-refractivity contribution is -0.0268. The Morgan fingerprint density at radius 1 is 1.14 bits per heavy atom. The number of fused-ring (bicyclic) bond motifs is 1. The maximum atomic E-state index is 13.5. The standard InChI is InChI=1S/C19H19F2N3O4/c20-12-2-1-9(7-13(12)21)16(25)11-8-15(18(27)17(11)26)24-6-4-10-14(24)3-5-22-19(10)23-28/h1-2,4-7,11,15-18,25-28H,3,8H2/b23-19-/t11-,15-,16-,17-,18+/m1/s1. The summed E-state index contributed by atoms with van der Waals surface area (Å²) in [6.45, 7) is 0. The van der Waals surface area contributed by atoms with Gasteiger partial charge < -0.3 is 25.1 Å². The molecule has 148 valence electrons. The summed E-state index contributed by atoms with van der Waals surface area (Å²) in [5.41, 5.74) is 1.52. The number of oxime groups is 1. The molecular weight excluding hydrogens is 372 g/mol. The Balaban J connectivity index is 1.62. The van der Waals surface area contributed by atoms with Gasteiger partial charge in [-0.3, -0.25) is 0 Å². The first kappa shape index (κ1) is 18.7. The first-order chi connectivity index (χ1) is 13.4. The van der Waals surface area contributed by atoms with Gasteiger partial charge in [-0.05, 0) is 30.2 Å². The molecule has 7 nitrogen and oxygen atoms in total. The zero-order valence-corrected chi connectivity index (χ0v) is 14.7. The Kier molecular flexibility index (Phi) is 4.74. The number of hydrogen-bond donors (Lipinski definition) is 4. The van der Waals surface area contributed by atoms with Gasteiger partial charge in [-0.1, -0.05) is 11.2 Å². The molecular formula is C19H19F2N3O4. The van der Waals surface area contributed by atoms with Gasteiger partial charge in [0.2, 0.25) is 0 Å². The second-order valence-electron chi connectivity index (χ2n) is 7.09. The van der Waals surface area contributed by atoms with Gasteiger partial charge >= 0.3 is 0 Å². The van der Waals surface area contributed by atoms with Crippen LogP contribution in [0.1, 0.15) is 35.4 Å². The Bertz CT molecular complexity index is 959. The van der Waals surface area contributed by atoms with Crippen LogP contribution in [-0.2, 0) is 6.42 Å². The van der Waals surface area contributed by atoms with Gasteiger partial charge in [-0.25, -0.2) is 13.8 Å². The molecule has 4 N–H and O–H groups in total. The van der Waals surface area contributed by atoms with Crippen molar-refractivity contribution in [3.05, 3.63) is 58.9 Å². The average Bonchev–Trinajstić information content (AvgIpc) is 3.25. The van der Waals surface area contributed by atoms with Crippen LogP contribution in [0.2, 0.25) is 0 Å². The number of halogens is 2. The fourth-order valence-electron chi connectivity index (χ4n) is 4.15. The van der Waals surface area contributed by atoms with E-state index in [1.807, 2.05) is 0 Å². The molecule has 1 fully saturated rings. The molecule has 0 unspecified atom stereocenters. The third kappa shape index (κ3) is 2.92. The van der Waals surface area contributed by atoms with Crippen LogP contribution in [0.5, 0.6) is 0 Å². The lowest BCUT2D eigenvalue weighted by Crippen LogP contribution is -2.32. The normalized spacial score (nSPS) is 29.2. The molecule has 28 heavy (non-hydrogen) atoms. The topological polar surface area (TPSA) is 111 Å². The third-order valence-electron chi connectivity index (χ3n) is 5.60. The predicted molar refractivity (Wildman–Crippen MR) is 95.4 cm³/mol. The van der Waals surface area contributed by atoms with Crippen LogP contribution in [0.4, 0.5) is 8.78 Å². The smallest absolute Gasteiger partial charge is 0.199 e. The molecule has 2 heterocycles. The lowest BCUT2D eigenvalue weighted by Gasteiger charge is -2.22. The van der Waals surface area contributed by atoms with E-state index >= 15 is 0 Å². The van der Waals surface area contributed by atoms with Crippen molar-refractivity contribution in [1.29, 1.82) is 0 Å². The highest BCUT2D eigenvalue weighted by atomic mass is 19.2. The summed E-state index contributed by atoms with van der Waals surface area (Å²) in [5.74, 6) is -2.73. The van der Waals surface area contributed by atoms with Crippen molar-refractivity contribution < 1.29 is 29.3 Å². The van der Waals surface area contributed by atoms with E-state index in [2.05, 4.69) is 10.1 Å². The van der Waals surface area contributed by atoms with Crippen LogP contribution in [0.25, 0.3) is 0 Å². The van der Waals surface area contributed by atoms with E-state index in [0.29, 0.717) is 12.0 Å². The van der Waals surface area contributed by atoms with E-state index in [9.17, 15) is 24.1 Å². The second kappa shape index (κ2) is 7.08. The Morgan fingerprint density at radius 2 is 1.93 bits per heavy atom. The van der Waals surface area contributed by atoms with E-state index in [1.165, 1.54) is 6.07 Å². The van der Waals surface area contributed by atoms with E-state index in [0.717, 1.165) is 17.8 Å². The quantitative estimate of drug-likeness (QED) is 0.470. The molecule has 1 aliphatic carbocycles. The molecule has 2 aliphatic rings. The van der Waals surface area contributed by atoms with Crippen LogP contribution < -0.4 is 0 Å².